The highest BCUT2D eigenvalue weighted by molar-refractivity contribution is 5.67. The van der Waals surface area contributed by atoms with Crippen LogP contribution in [0.2, 0.25) is 0 Å². The van der Waals surface area contributed by atoms with E-state index in [4.69, 9.17) is 35.4 Å². The van der Waals surface area contributed by atoms with Gasteiger partial charge in [0.25, 0.3) is 0 Å². The van der Waals surface area contributed by atoms with Crippen molar-refractivity contribution in [2.24, 2.45) is 16.2 Å². The summed E-state index contributed by atoms with van der Waals surface area (Å²) in [5, 5.41) is 32.7. The molecule has 0 aliphatic heterocycles. The number of hydrogen-bond acceptors (Lipinski definition) is 12. The summed E-state index contributed by atoms with van der Waals surface area (Å²) in [7, 11) is 0. The van der Waals surface area contributed by atoms with E-state index >= 15 is 0 Å². The summed E-state index contributed by atoms with van der Waals surface area (Å²) in [6.07, 6.45) is -0.935. The number of nitroso groups, excluding NO2 is 2. The molecule has 0 aliphatic rings. The van der Waals surface area contributed by atoms with Gasteiger partial charge < -0.3 is 29.5 Å². The number of rotatable bonds is 21. The first-order chi connectivity index (χ1) is 14.7. The molecule has 0 saturated heterocycles. The lowest BCUT2D eigenvalue weighted by atomic mass is 10.0. The number of ether oxygens (including phenoxy) is 3. The van der Waals surface area contributed by atoms with Crippen molar-refractivity contribution in [2.45, 2.75) is 30.8 Å². The molecule has 0 aromatic rings. The van der Waals surface area contributed by atoms with Crippen LogP contribution in [-0.4, -0.2) is 103 Å². The molecule has 0 bridgehead atoms. The van der Waals surface area contributed by atoms with E-state index in [1.54, 1.807) is 0 Å². The largest absolute Gasteiger partial charge is 0.481 e. The molecule has 15 nitrogen and oxygen atoms in total. The van der Waals surface area contributed by atoms with Crippen LogP contribution in [0.4, 0.5) is 0 Å². The predicted molar refractivity (Wildman–Crippen MR) is 103 cm³/mol. The number of carbonyl (C=O) groups is 3. The Hall–Kier alpha value is -2.59. The van der Waals surface area contributed by atoms with Crippen molar-refractivity contribution in [1.82, 2.24) is 5.01 Å². The third-order valence-electron chi connectivity index (χ3n) is 3.94. The van der Waals surface area contributed by atoms with Gasteiger partial charge in [0.1, 0.15) is 18.1 Å². The molecule has 0 fully saturated rings. The average Bonchev–Trinajstić information content (AvgIpc) is 2.70. The Morgan fingerprint density at radius 2 is 1.23 bits per heavy atom. The highest BCUT2D eigenvalue weighted by atomic mass is 16.5. The molecule has 15 heteroatoms. The van der Waals surface area contributed by atoms with Crippen molar-refractivity contribution in [3.05, 3.63) is 9.81 Å². The van der Waals surface area contributed by atoms with Crippen LogP contribution >= 0.6 is 0 Å². The second-order valence-electron chi connectivity index (χ2n) is 6.54. The van der Waals surface area contributed by atoms with Crippen molar-refractivity contribution in [3.63, 3.8) is 0 Å². The topological polar surface area (TPSA) is 228 Å². The normalized spacial score (nSPS) is 12.5. The number of carboxylic acids is 3. The molecule has 0 rings (SSSR count). The fourth-order valence-corrected chi connectivity index (χ4v) is 2.27. The minimum absolute atomic E-state index is 0.194. The Kier molecular flexibility index (Phi) is 14.8. The van der Waals surface area contributed by atoms with Crippen LogP contribution in [0.3, 0.4) is 0 Å². The number of nitrogens with zero attached hydrogens (tertiary/aromatic N) is 3. The minimum atomic E-state index is -1.37. The van der Waals surface area contributed by atoms with Gasteiger partial charge in [0.15, 0.2) is 0 Å². The van der Waals surface area contributed by atoms with Gasteiger partial charge in [-0.05, 0) is 0 Å². The maximum atomic E-state index is 10.9. The molecule has 0 radical (unpaired) electrons. The highest BCUT2D eigenvalue weighted by Gasteiger charge is 2.38. The minimum Gasteiger partial charge on any atom is -0.481 e. The summed E-state index contributed by atoms with van der Waals surface area (Å²) in [6.45, 7) is -2.11. The SMILES string of the molecule is NN(CC(CN=O)N=O)C(COCCC(=O)O)(COCCC(=O)O)COCCC(=O)O. The van der Waals surface area contributed by atoms with Crippen LogP contribution < -0.4 is 5.84 Å². The fraction of sp³-hybridized carbons (Fsp3) is 0.812. The van der Waals surface area contributed by atoms with Gasteiger partial charge >= 0.3 is 17.9 Å². The summed E-state index contributed by atoms with van der Waals surface area (Å²) in [4.78, 5) is 53.5. The van der Waals surface area contributed by atoms with Crippen LogP contribution in [0.1, 0.15) is 19.3 Å². The van der Waals surface area contributed by atoms with Gasteiger partial charge in [0, 0.05) is 6.54 Å². The maximum Gasteiger partial charge on any atom is 0.305 e. The van der Waals surface area contributed by atoms with Gasteiger partial charge in [0.2, 0.25) is 0 Å². The number of hydrogen-bond donors (Lipinski definition) is 4. The first kappa shape index (κ1) is 28.4. The van der Waals surface area contributed by atoms with Gasteiger partial charge in [0.05, 0.1) is 58.9 Å². The zero-order valence-corrected chi connectivity index (χ0v) is 16.9. The van der Waals surface area contributed by atoms with E-state index in [1.165, 1.54) is 0 Å². The van der Waals surface area contributed by atoms with Crippen LogP contribution in [0, 0.1) is 9.81 Å². The third kappa shape index (κ3) is 13.3. The molecule has 0 heterocycles. The molecular weight excluding hydrogens is 424 g/mol. The Morgan fingerprint density at radius 1 is 0.839 bits per heavy atom. The molecule has 0 spiro atoms. The zero-order chi connectivity index (χ0) is 23.7. The molecule has 0 amide bonds. The summed E-state index contributed by atoms with van der Waals surface area (Å²) in [6, 6.07) is -1.11. The van der Waals surface area contributed by atoms with E-state index < -0.39 is 36.0 Å². The predicted octanol–water partition coefficient (Wildman–Crippen LogP) is -0.724. The lowest BCUT2D eigenvalue weighted by Crippen LogP contribution is -2.63. The van der Waals surface area contributed by atoms with E-state index in [2.05, 4.69) is 10.4 Å². The number of hydrazine groups is 1. The molecule has 0 saturated carbocycles. The van der Waals surface area contributed by atoms with Crippen LogP contribution in [0.25, 0.3) is 0 Å². The third-order valence-corrected chi connectivity index (χ3v) is 3.94. The van der Waals surface area contributed by atoms with Gasteiger partial charge in [-0.25, -0.2) is 5.01 Å². The van der Waals surface area contributed by atoms with E-state index in [0.717, 1.165) is 5.01 Å². The van der Waals surface area contributed by atoms with E-state index in [1.807, 2.05) is 0 Å². The molecular formula is C16H28N4O11. The van der Waals surface area contributed by atoms with Gasteiger partial charge in [-0.2, -0.15) is 9.81 Å². The van der Waals surface area contributed by atoms with Crippen LogP contribution in [0.15, 0.2) is 10.4 Å². The average molecular weight is 452 g/mol. The second kappa shape index (κ2) is 16.1. The van der Waals surface area contributed by atoms with Crippen molar-refractivity contribution in [1.29, 1.82) is 0 Å². The van der Waals surface area contributed by atoms with Crippen molar-refractivity contribution >= 4 is 17.9 Å². The van der Waals surface area contributed by atoms with Crippen molar-refractivity contribution in [3.8, 4) is 0 Å². The quantitative estimate of drug-likeness (QED) is 0.0730. The molecule has 0 aliphatic carbocycles. The summed E-state index contributed by atoms with van der Waals surface area (Å²) in [5.41, 5.74) is -1.37. The first-order valence-corrected chi connectivity index (χ1v) is 9.19. The van der Waals surface area contributed by atoms with Crippen LogP contribution in [0.5, 0.6) is 0 Å². The fourth-order valence-electron chi connectivity index (χ4n) is 2.27. The number of carboxylic acid groups (broad SMARTS) is 3. The standard InChI is InChI=1S/C16H28N4O11/c17-20(8-12(19-28)7-18-27)16(9-29-4-1-13(21)22,10-30-5-2-14(23)24)11-31-6-3-15(25)26/h12H,1-11,17H2,(H,21,22)(H,23,24)(H,25,26). The van der Waals surface area contributed by atoms with Gasteiger partial charge in [-0.15, -0.1) is 0 Å². The van der Waals surface area contributed by atoms with E-state index in [9.17, 15) is 24.2 Å². The van der Waals surface area contributed by atoms with Gasteiger partial charge in [-0.3, -0.25) is 20.2 Å². The maximum absolute atomic E-state index is 10.9. The summed E-state index contributed by atoms with van der Waals surface area (Å²) < 4.78 is 16.1. The smallest absolute Gasteiger partial charge is 0.305 e. The number of aliphatic carboxylic acids is 3. The summed E-state index contributed by atoms with van der Waals surface area (Å²) >= 11 is 0. The Labute approximate surface area is 177 Å². The Bertz CT molecular complexity index is 535. The lowest BCUT2D eigenvalue weighted by Gasteiger charge is -2.41. The molecule has 1 atom stereocenters. The highest BCUT2D eigenvalue weighted by Crippen LogP contribution is 2.17. The summed E-state index contributed by atoms with van der Waals surface area (Å²) in [5.74, 6) is 2.78. The second-order valence-corrected chi connectivity index (χ2v) is 6.54. The molecule has 178 valence electrons. The Balaban J connectivity index is 5.43. The van der Waals surface area contributed by atoms with E-state index in [-0.39, 0.29) is 65.4 Å². The molecule has 1 unspecified atom stereocenters. The molecule has 5 N–H and O–H groups in total. The lowest BCUT2D eigenvalue weighted by molar-refractivity contribution is -0.140. The molecule has 31 heavy (non-hydrogen) atoms. The van der Waals surface area contributed by atoms with Gasteiger partial charge in [-0.1, -0.05) is 10.4 Å². The van der Waals surface area contributed by atoms with E-state index in [0.29, 0.717) is 0 Å². The zero-order valence-electron chi connectivity index (χ0n) is 16.9. The first-order valence-electron chi connectivity index (χ1n) is 9.19. The van der Waals surface area contributed by atoms with Crippen molar-refractivity contribution < 1.29 is 43.9 Å². The van der Waals surface area contributed by atoms with Crippen LogP contribution in [-0.2, 0) is 28.6 Å². The monoisotopic (exact) mass is 452 g/mol. The number of nitrogens with two attached hydrogens (primary N) is 1. The van der Waals surface area contributed by atoms with Crippen molar-refractivity contribution in [2.75, 3.05) is 52.7 Å². The Morgan fingerprint density at radius 3 is 1.52 bits per heavy atom. The molecule has 0 aromatic carbocycles. The molecule has 0 aromatic heterocycles.